The molecule has 0 aliphatic carbocycles. The van der Waals surface area contributed by atoms with Crippen molar-refractivity contribution in [3.63, 3.8) is 0 Å². The van der Waals surface area contributed by atoms with Crippen molar-refractivity contribution >= 4 is 46.7 Å². The van der Waals surface area contributed by atoms with Gasteiger partial charge in [-0.15, -0.1) is 0 Å². The molecule has 2 unspecified atom stereocenters. The lowest BCUT2D eigenvalue weighted by Gasteiger charge is -2.22. The molecule has 0 spiro atoms. The highest BCUT2D eigenvalue weighted by Crippen LogP contribution is 2.30. The molecule has 1 aliphatic rings. The van der Waals surface area contributed by atoms with E-state index in [0.29, 0.717) is 28.8 Å². The number of hydrogen-bond donors (Lipinski definition) is 2. The van der Waals surface area contributed by atoms with Gasteiger partial charge in [0.25, 0.3) is 0 Å². The molecule has 148 valence electrons. The van der Waals surface area contributed by atoms with Crippen LogP contribution in [0.1, 0.15) is 24.9 Å². The number of aromatic nitrogens is 2. The van der Waals surface area contributed by atoms with Gasteiger partial charge in [0.1, 0.15) is 11.9 Å². The van der Waals surface area contributed by atoms with Crippen LogP contribution in [0.15, 0.2) is 30.5 Å². The molecule has 1 aliphatic heterocycles. The minimum Gasteiger partial charge on any atom is -0.354 e. The van der Waals surface area contributed by atoms with Gasteiger partial charge in [-0.25, -0.2) is 4.68 Å². The summed E-state index contributed by atoms with van der Waals surface area (Å²) in [5, 5.41) is 10.4. The molecule has 3 rings (SSSR count). The predicted molar refractivity (Wildman–Crippen MR) is 105 cm³/mol. The zero-order valence-electron chi connectivity index (χ0n) is 15.3. The maximum atomic E-state index is 12.4. The van der Waals surface area contributed by atoms with Crippen LogP contribution >= 0.6 is 23.2 Å². The van der Waals surface area contributed by atoms with Crippen LogP contribution in [0.2, 0.25) is 10.0 Å². The Balaban J connectivity index is 1.76. The van der Waals surface area contributed by atoms with Crippen molar-refractivity contribution in [3.8, 4) is 0 Å². The second-order valence-electron chi connectivity index (χ2n) is 6.47. The molecule has 1 saturated heterocycles. The van der Waals surface area contributed by atoms with Crippen molar-refractivity contribution in [2.45, 2.75) is 25.4 Å². The first kappa shape index (κ1) is 20.2. The predicted octanol–water partition coefficient (Wildman–Crippen LogP) is 2.08. The SMILES string of the molecule is CC(c1cc(Cl)ccc1Cl)n1nccc1NC(=O)C(=O)N(C)C1CCNC1=O. The van der Waals surface area contributed by atoms with E-state index in [-0.39, 0.29) is 11.9 Å². The fourth-order valence-corrected chi connectivity index (χ4v) is 3.57. The van der Waals surface area contributed by atoms with E-state index in [0.717, 1.165) is 10.5 Å². The van der Waals surface area contributed by atoms with E-state index in [1.165, 1.54) is 17.9 Å². The number of nitrogens with one attached hydrogen (secondary N) is 2. The molecule has 2 heterocycles. The van der Waals surface area contributed by atoms with Crippen molar-refractivity contribution in [1.82, 2.24) is 20.0 Å². The minimum absolute atomic E-state index is 0.266. The number of halogens is 2. The summed E-state index contributed by atoms with van der Waals surface area (Å²) in [4.78, 5) is 37.7. The molecule has 28 heavy (non-hydrogen) atoms. The van der Waals surface area contributed by atoms with Gasteiger partial charge in [0.2, 0.25) is 5.91 Å². The largest absolute Gasteiger partial charge is 0.354 e. The number of anilines is 1. The highest BCUT2D eigenvalue weighted by atomic mass is 35.5. The lowest BCUT2D eigenvalue weighted by Crippen LogP contribution is -2.46. The van der Waals surface area contributed by atoms with Gasteiger partial charge in [0.05, 0.1) is 12.2 Å². The van der Waals surface area contributed by atoms with Gasteiger partial charge < -0.3 is 15.5 Å². The monoisotopic (exact) mass is 423 g/mol. The number of nitrogens with zero attached hydrogens (tertiary/aromatic N) is 3. The number of carbonyl (C=O) groups excluding carboxylic acids is 3. The lowest BCUT2D eigenvalue weighted by atomic mass is 10.1. The number of rotatable bonds is 4. The molecule has 1 aromatic heterocycles. The third-order valence-corrected chi connectivity index (χ3v) is 5.27. The third-order valence-electron chi connectivity index (χ3n) is 4.69. The quantitative estimate of drug-likeness (QED) is 0.735. The first-order valence-corrected chi connectivity index (χ1v) is 9.39. The molecule has 10 heteroatoms. The molecule has 0 saturated carbocycles. The summed E-state index contributed by atoms with van der Waals surface area (Å²) >= 11 is 12.3. The number of carbonyl (C=O) groups is 3. The van der Waals surface area contributed by atoms with Crippen molar-refractivity contribution in [2.75, 3.05) is 18.9 Å². The zero-order chi connectivity index (χ0) is 20.4. The maximum Gasteiger partial charge on any atom is 0.315 e. The number of amides is 3. The van der Waals surface area contributed by atoms with Gasteiger partial charge in [-0.3, -0.25) is 14.4 Å². The molecule has 3 amide bonds. The van der Waals surface area contributed by atoms with Crippen LogP contribution < -0.4 is 10.6 Å². The second-order valence-corrected chi connectivity index (χ2v) is 7.31. The summed E-state index contributed by atoms with van der Waals surface area (Å²) in [6.45, 7) is 2.32. The van der Waals surface area contributed by atoms with E-state index in [1.54, 1.807) is 24.3 Å². The number of hydrogen-bond acceptors (Lipinski definition) is 4. The average molecular weight is 424 g/mol. The summed E-state index contributed by atoms with van der Waals surface area (Å²) in [7, 11) is 1.43. The Morgan fingerprint density at radius 1 is 1.36 bits per heavy atom. The zero-order valence-corrected chi connectivity index (χ0v) is 16.8. The highest BCUT2D eigenvalue weighted by molar-refractivity contribution is 6.39. The van der Waals surface area contributed by atoms with Gasteiger partial charge in [-0.2, -0.15) is 5.10 Å². The average Bonchev–Trinajstić information content (AvgIpc) is 3.30. The first-order chi connectivity index (χ1) is 13.3. The van der Waals surface area contributed by atoms with Crippen molar-refractivity contribution in [3.05, 3.63) is 46.1 Å². The van der Waals surface area contributed by atoms with Crippen LogP contribution in [0.3, 0.4) is 0 Å². The summed E-state index contributed by atoms with van der Waals surface area (Å²) in [5.74, 6) is -1.60. The van der Waals surface area contributed by atoms with Crippen LogP contribution in [-0.4, -0.2) is 52.0 Å². The lowest BCUT2D eigenvalue weighted by molar-refractivity contribution is -0.145. The first-order valence-electron chi connectivity index (χ1n) is 8.64. The van der Waals surface area contributed by atoms with Gasteiger partial charge in [0.15, 0.2) is 0 Å². The van der Waals surface area contributed by atoms with E-state index in [2.05, 4.69) is 15.7 Å². The normalized spacial score (nSPS) is 17.1. The van der Waals surface area contributed by atoms with Crippen molar-refractivity contribution in [1.29, 1.82) is 0 Å². The van der Waals surface area contributed by atoms with Crippen molar-refractivity contribution in [2.24, 2.45) is 0 Å². The Hall–Kier alpha value is -2.58. The highest BCUT2D eigenvalue weighted by Gasteiger charge is 2.33. The Labute approximate surface area is 171 Å². The Morgan fingerprint density at radius 3 is 2.79 bits per heavy atom. The molecule has 8 nitrogen and oxygen atoms in total. The van der Waals surface area contributed by atoms with Crippen molar-refractivity contribution < 1.29 is 14.4 Å². The van der Waals surface area contributed by atoms with E-state index >= 15 is 0 Å². The smallest absolute Gasteiger partial charge is 0.315 e. The van der Waals surface area contributed by atoms with E-state index in [9.17, 15) is 14.4 Å². The van der Waals surface area contributed by atoms with E-state index in [4.69, 9.17) is 23.2 Å². The van der Waals surface area contributed by atoms with Gasteiger partial charge >= 0.3 is 11.8 Å². The summed E-state index contributed by atoms with van der Waals surface area (Å²) < 4.78 is 1.53. The summed E-state index contributed by atoms with van der Waals surface area (Å²) in [5.41, 5.74) is 0.722. The van der Waals surface area contributed by atoms with Crippen LogP contribution in [0.25, 0.3) is 0 Å². The minimum atomic E-state index is -0.853. The number of benzene rings is 1. The van der Waals surface area contributed by atoms with Crippen LogP contribution in [0.5, 0.6) is 0 Å². The molecule has 1 fully saturated rings. The molecule has 2 atom stereocenters. The van der Waals surface area contributed by atoms with E-state index in [1.807, 2.05) is 6.92 Å². The van der Waals surface area contributed by atoms with Crippen LogP contribution in [0, 0.1) is 0 Å². The van der Waals surface area contributed by atoms with Gasteiger partial charge in [-0.05, 0) is 37.1 Å². The topological polar surface area (TPSA) is 96.3 Å². The van der Waals surface area contributed by atoms with Crippen LogP contribution in [-0.2, 0) is 14.4 Å². The molecule has 1 aromatic carbocycles. The Morgan fingerprint density at radius 2 is 2.11 bits per heavy atom. The molecule has 2 N–H and O–H groups in total. The fraction of sp³-hybridized carbons (Fsp3) is 0.333. The Kier molecular flexibility index (Phi) is 5.90. The molecular weight excluding hydrogens is 405 g/mol. The molecule has 0 radical (unpaired) electrons. The molecular formula is C18H19Cl2N5O3. The summed E-state index contributed by atoms with van der Waals surface area (Å²) in [6.07, 6.45) is 1.97. The van der Waals surface area contributed by atoms with Gasteiger partial charge in [0, 0.05) is 29.7 Å². The third kappa shape index (κ3) is 3.98. The number of likely N-dealkylation sites (N-methyl/N-ethyl adjacent to an activating group) is 1. The summed E-state index contributed by atoms with van der Waals surface area (Å²) in [6, 6.07) is 5.67. The standard InChI is InChI=1S/C18H19Cl2N5O3/c1-10(12-9-11(19)3-4-13(12)20)25-15(6-8-22-25)23-17(27)18(28)24(2)14-5-7-21-16(14)26/h3-4,6,8-10,14H,5,7H2,1-2H3,(H,21,26)(H,23,27). The van der Waals surface area contributed by atoms with Crippen LogP contribution in [0.4, 0.5) is 5.82 Å². The maximum absolute atomic E-state index is 12.4. The molecule has 2 aromatic rings. The fourth-order valence-electron chi connectivity index (χ4n) is 3.11. The van der Waals surface area contributed by atoms with Gasteiger partial charge in [-0.1, -0.05) is 23.2 Å². The second kappa shape index (κ2) is 8.20. The van der Waals surface area contributed by atoms with E-state index < -0.39 is 17.9 Å². The Bertz CT molecular complexity index is 930. The molecule has 0 bridgehead atoms.